The average molecular weight is 232 g/mol. The van der Waals surface area contributed by atoms with Crippen molar-refractivity contribution in [1.29, 1.82) is 5.26 Å². The largest absolute Gasteiger partial charge is 0.445 e. The standard InChI is InChI=1S/C11H6N2O3.H2O/c12-7-8-5-6-11(16-8)9-3-1-2-4-10(9)13(14)15;/h1-6H;1H2. The van der Waals surface area contributed by atoms with Gasteiger partial charge in [0.2, 0.25) is 5.76 Å². The second-order valence-corrected chi connectivity index (χ2v) is 3.05. The van der Waals surface area contributed by atoms with E-state index in [2.05, 4.69) is 0 Å². The van der Waals surface area contributed by atoms with Gasteiger partial charge >= 0.3 is 0 Å². The van der Waals surface area contributed by atoms with Crippen LogP contribution in [0, 0.1) is 21.4 Å². The number of benzene rings is 1. The third-order valence-electron chi connectivity index (χ3n) is 2.08. The van der Waals surface area contributed by atoms with Crippen molar-refractivity contribution >= 4 is 5.69 Å². The summed E-state index contributed by atoms with van der Waals surface area (Å²) >= 11 is 0. The zero-order valence-electron chi connectivity index (χ0n) is 8.58. The molecule has 2 aromatic rings. The molecule has 2 rings (SSSR count). The zero-order chi connectivity index (χ0) is 11.5. The Morgan fingerprint density at radius 2 is 1.94 bits per heavy atom. The lowest BCUT2D eigenvalue weighted by molar-refractivity contribution is -0.384. The molecule has 17 heavy (non-hydrogen) atoms. The van der Waals surface area contributed by atoms with E-state index in [1.54, 1.807) is 24.3 Å². The Kier molecular flexibility index (Phi) is 3.59. The molecule has 0 atom stereocenters. The van der Waals surface area contributed by atoms with E-state index >= 15 is 0 Å². The van der Waals surface area contributed by atoms with Gasteiger partial charge in [0.05, 0.1) is 10.5 Å². The van der Waals surface area contributed by atoms with Crippen LogP contribution in [0.4, 0.5) is 5.69 Å². The normalized spacial score (nSPS) is 9.12. The quantitative estimate of drug-likeness (QED) is 0.581. The number of nitrogens with zero attached hydrogens (tertiary/aromatic N) is 2. The molecule has 0 radical (unpaired) electrons. The van der Waals surface area contributed by atoms with Gasteiger partial charge in [0.15, 0.2) is 0 Å². The molecule has 0 bridgehead atoms. The van der Waals surface area contributed by atoms with Crippen molar-refractivity contribution in [2.75, 3.05) is 0 Å². The number of nitro benzene ring substituents is 1. The molecule has 2 N–H and O–H groups in total. The predicted octanol–water partition coefficient (Wildman–Crippen LogP) is 1.90. The van der Waals surface area contributed by atoms with E-state index in [1.165, 1.54) is 12.1 Å². The molecule has 0 fully saturated rings. The van der Waals surface area contributed by atoms with Crippen molar-refractivity contribution in [3.63, 3.8) is 0 Å². The molecule has 0 unspecified atom stereocenters. The molecular formula is C11H8N2O4. The summed E-state index contributed by atoms with van der Waals surface area (Å²) in [5.41, 5.74) is 0.329. The fourth-order valence-corrected chi connectivity index (χ4v) is 1.38. The summed E-state index contributed by atoms with van der Waals surface area (Å²) in [4.78, 5) is 10.3. The number of furan rings is 1. The number of para-hydroxylation sites is 1. The third-order valence-corrected chi connectivity index (χ3v) is 2.08. The molecule has 0 saturated carbocycles. The molecule has 0 aliphatic rings. The van der Waals surface area contributed by atoms with E-state index in [1.807, 2.05) is 6.07 Å². The van der Waals surface area contributed by atoms with Gasteiger partial charge in [-0.25, -0.2) is 0 Å². The van der Waals surface area contributed by atoms with E-state index < -0.39 is 4.92 Å². The Balaban J connectivity index is 0.00000144. The Bertz CT molecular complexity index is 583. The van der Waals surface area contributed by atoms with Crippen LogP contribution >= 0.6 is 0 Å². The van der Waals surface area contributed by atoms with E-state index in [0.29, 0.717) is 11.3 Å². The van der Waals surface area contributed by atoms with E-state index in [-0.39, 0.29) is 16.9 Å². The molecular weight excluding hydrogens is 224 g/mol. The second-order valence-electron chi connectivity index (χ2n) is 3.05. The number of hydrogen-bond donors (Lipinski definition) is 0. The summed E-state index contributed by atoms with van der Waals surface area (Å²) in [6, 6.07) is 11.1. The Hall–Kier alpha value is -2.65. The molecule has 0 aliphatic carbocycles. The van der Waals surface area contributed by atoms with Gasteiger partial charge in [0, 0.05) is 6.07 Å². The van der Waals surface area contributed by atoms with Crippen molar-refractivity contribution in [3.8, 4) is 17.4 Å². The smallest absolute Gasteiger partial charge is 0.280 e. The van der Waals surface area contributed by atoms with E-state index in [4.69, 9.17) is 9.68 Å². The SMILES string of the molecule is N#Cc1ccc(-c2ccccc2[N+](=O)[O-])o1.O. The summed E-state index contributed by atoms with van der Waals surface area (Å²) in [6.07, 6.45) is 0. The average Bonchev–Trinajstić information content (AvgIpc) is 2.77. The van der Waals surface area contributed by atoms with Gasteiger partial charge in [0.25, 0.3) is 5.69 Å². The van der Waals surface area contributed by atoms with Gasteiger partial charge in [0.1, 0.15) is 11.8 Å². The summed E-state index contributed by atoms with van der Waals surface area (Å²) in [5, 5.41) is 19.4. The summed E-state index contributed by atoms with van der Waals surface area (Å²) in [6.45, 7) is 0. The first-order valence-corrected chi connectivity index (χ1v) is 4.46. The first-order chi connectivity index (χ1) is 7.72. The maximum atomic E-state index is 10.8. The summed E-state index contributed by atoms with van der Waals surface area (Å²) in [5.74, 6) is 0.456. The van der Waals surface area contributed by atoms with E-state index in [9.17, 15) is 10.1 Å². The number of nitro groups is 1. The molecule has 1 aromatic heterocycles. The highest BCUT2D eigenvalue weighted by molar-refractivity contribution is 5.69. The minimum Gasteiger partial charge on any atom is -0.445 e. The van der Waals surface area contributed by atoms with Crippen LogP contribution in [-0.2, 0) is 0 Å². The fourth-order valence-electron chi connectivity index (χ4n) is 1.38. The highest BCUT2D eigenvalue weighted by atomic mass is 16.6. The minimum absolute atomic E-state index is 0. The molecule has 86 valence electrons. The number of hydrogen-bond acceptors (Lipinski definition) is 4. The molecule has 6 heteroatoms. The lowest BCUT2D eigenvalue weighted by Gasteiger charge is -1.97. The van der Waals surface area contributed by atoms with Crippen LogP contribution in [0.1, 0.15) is 5.76 Å². The lowest BCUT2D eigenvalue weighted by atomic mass is 10.1. The van der Waals surface area contributed by atoms with Crippen molar-refractivity contribution in [3.05, 3.63) is 52.3 Å². The monoisotopic (exact) mass is 232 g/mol. The number of rotatable bonds is 2. The van der Waals surface area contributed by atoms with Crippen LogP contribution in [0.15, 0.2) is 40.8 Å². The molecule has 1 heterocycles. The molecule has 0 saturated heterocycles. The fraction of sp³-hybridized carbons (Fsp3) is 0. The second kappa shape index (κ2) is 4.92. The van der Waals surface area contributed by atoms with Gasteiger partial charge in [-0.05, 0) is 18.2 Å². The third kappa shape index (κ3) is 2.30. The van der Waals surface area contributed by atoms with Gasteiger partial charge in [-0.1, -0.05) is 12.1 Å². The van der Waals surface area contributed by atoms with Crippen molar-refractivity contribution < 1.29 is 14.8 Å². The lowest BCUT2D eigenvalue weighted by Crippen LogP contribution is -1.90. The summed E-state index contributed by atoms with van der Waals surface area (Å²) in [7, 11) is 0. The molecule has 6 nitrogen and oxygen atoms in total. The van der Waals surface area contributed by atoms with Gasteiger partial charge in [-0.15, -0.1) is 0 Å². The van der Waals surface area contributed by atoms with Crippen LogP contribution in [0.25, 0.3) is 11.3 Å². The first kappa shape index (κ1) is 12.4. The first-order valence-electron chi connectivity index (χ1n) is 4.46. The summed E-state index contributed by atoms with van der Waals surface area (Å²) < 4.78 is 5.14. The number of nitriles is 1. The van der Waals surface area contributed by atoms with Crippen molar-refractivity contribution in [2.45, 2.75) is 0 Å². The van der Waals surface area contributed by atoms with Crippen LogP contribution in [-0.4, -0.2) is 10.4 Å². The van der Waals surface area contributed by atoms with Gasteiger partial charge < -0.3 is 9.89 Å². The van der Waals surface area contributed by atoms with Crippen molar-refractivity contribution in [2.24, 2.45) is 0 Å². The Morgan fingerprint density at radius 3 is 2.53 bits per heavy atom. The van der Waals surface area contributed by atoms with Crippen LogP contribution in [0.5, 0.6) is 0 Å². The maximum Gasteiger partial charge on any atom is 0.280 e. The molecule has 0 spiro atoms. The van der Waals surface area contributed by atoms with Crippen LogP contribution in [0.2, 0.25) is 0 Å². The minimum atomic E-state index is -0.482. The zero-order valence-corrected chi connectivity index (χ0v) is 8.58. The van der Waals surface area contributed by atoms with Crippen LogP contribution < -0.4 is 0 Å². The highest BCUT2D eigenvalue weighted by Gasteiger charge is 2.16. The van der Waals surface area contributed by atoms with Crippen LogP contribution in [0.3, 0.4) is 0 Å². The Morgan fingerprint density at radius 1 is 1.24 bits per heavy atom. The predicted molar refractivity (Wildman–Crippen MR) is 59.1 cm³/mol. The highest BCUT2D eigenvalue weighted by Crippen LogP contribution is 2.30. The van der Waals surface area contributed by atoms with Gasteiger partial charge in [-0.2, -0.15) is 5.26 Å². The van der Waals surface area contributed by atoms with Gasteiger partial charge in [-0.3, -0.25) is 10.1 Å². The molecule has 1 aromatic carbocycles. The molecule has 0 amide bonds. The maximum absolute atomic E-state index is 10.8. The Labute approximate surface area is 96.2 Å². The molecule has 0 aliphatic heterocycles. The van der Waals surface area contributed by atoms with Crippen molar-refractivity contribution in [1.82, 2.24) is 0 Å². The topological polar surface area (TPSA) is 112 Å². The van der Waals surface area contributed by atoms with E-state index in [0.717, 1.165) is 0 Å².